The van der Waals surface area contributed by atoms with Gasteiger partial charge in [-0.15, -0.1) is 0 Å². The molecule has 8 heteroatoms. The molecule has 0 aromatic rings. The van der Waals surface area contributed by atoms with Crippen LogP contribution in [0.2, 0.25) is 0 Å². The minimum atomic E-state index is -0.918. The molecule has 0 radical (unpaired) electrons. The average molecular weight is 297 g/mol. The summed E-state index contributed by atoms with van der Waals surface area (Å²) in [6.45, 7) is 4.72. The Bertz CT molecular complexity index is 512. The van der Waals surface area contributed by atoms with Crippen molar-refractivity contribution in [2.75, 3.05) is 6.61 Å². The Hall–Kier alpha value is -2.38. The van der Waals surface area contributed by atoms with Gasteiger partial charge in [-0.05, 0) is 27.2 Å². The number of urea groups is 1. The highest BCUT2D eigenvalue weighted by Gasteiger charge is 2.42. The zero-order valence-corrected chi connectivity index (χ0v) is 12.3. The largest absolute Gasteiger partial charge is 0.463 e. The van der Waals surface area contributed by atoms with Gasteiger partial charge in [0, 0.05) is 6.42 Å². The molecule has 1 aliphatic heterocycles. The Labute approximate surface area is 122 Å². The molecule has 21 heavy (non-hydrogen) atoms. The summed E-state index contributed by atoms with van der Waals surface area (Å²) in [4.78, 5) is 46.3. The zero-order valence-electron chi connectivity index (χ0n) is 12.3. The van der Waals surface area contributed by atoms with E-state index in [1.165, 1.54) is 13.8 Å². The molecule has 0 aromatic carbocycles. The third-order valence-corrected chi connectivity index (χ3v) is 3.09. The molecule has 8 nitrogen and oxygen atoms in total. The minimum absolute atomic E-state index is 0.0926. The predicted octanol–water partition coefficient (Wildman–Crippen LogP) is 0.234. The second-order valence-corrected chi connectivity index (χ2v) is 4.66. The summed E-state index contributed by atoms with van der Waals surface area (Å²) < 4.78 is 4.93. The van der Waals surface area contributed by atoms with Crippen molar-refractivity contribution in [1.29, 1.82) is 0 Å². The first-order chi connectivity index (χ1) is 9.79. The summed E-state index contributed by atoms with van der Waals surface area (Å²) in [5.41, 5.74) is 7.57. The van der Waals surface area contributed by atoms with Crippen LogP contribution in [-0.4, -0.2) is 35.3 Å². The number of nitrogens with one attached hydrogen (secondary N) is 1. The molecule has 1 heterocycles. The van der Waals surface area contributed by atoms with Crippen LogP contribution < -0.4 is 11.2 Å². The number of amides is 3. The van der Waals surface area contributed by atoms with E-state index in [1.54, 1.807) is 6.92 Å². The van der Waals surface area contributed by atoms with Gasteiger partial charge in [0.05, 0.1) is 23.8 Å². The minimum Gasteiger partial charge on any atom is -0.463 e. The number of ketones is 1. The number of hydrogen-bond acceptors (Lipinski definition) is 5. The van der Waals surface area contributed by atoms with E-state index in [4.69, 9.17) is 10.5 Å². The van der Waals surface area contributed by atoms with Gasteiger partial charge in [0.15, 0.2) is 0 Å². The zero-order chi connectivity index (χ0) is 16.2. The van der Waals surface area contributed by atoms with Gasteiger partial charge in [-0.3, -0.25) is 4.79 Å². The molecule has 0 bridgehead atoms. The van der Waals surface area contributed by atoms with Crippen molar-refractivity contribution in [2.45, 2.75) is 33.6 Å². The van der Waals surface area contributed by atoms with Crippen LogP contribution in [0, 0.1) is 5.92 Å². The maximum atomic E-state index is 12.3. The van der Waals surface area contributed by atoms with E-state index in [2.05, 4.69) is 5.43 Å². The molecule has 3 amide bonds. The van der Waals surface area contributed by atoms with Crippen LogP contribution in [0.1, 0.15) is 33.6 Å². The second-order valence-electron chi connectivity index (χ2n) is 4.66. The normalized spacial score (nSPS) is 18.0. The van der Waals surface area contributed by atoms with Gasteiger partial charge >= 0.3 is 12.0 Å². The van der Waals surface area contributed by atoms with Crippen LogP contribution in [0.15, 0.2) is 11.3 Å². The summed E-state index contributed by atoms with van der Waals surface area (Å²) in [5, 5.41) is 0.930. The van der Waals surface area contributed by atoms with Crippen molar-refractivity contribution < 1.29 is 23.9 Å². The highest BCUT2D eigenvalue weighted by Crippen LogP contribution is 2.32. The Morgan fingerprint density at radius 1 is 1.38 bits per heavy atom. The SMILES string of the molecule is CCOC(=O)C1=C(C)N(NC(N)=O)C(=O)C1CCC(C)=O. The standard InChI is InChI=1S/C13H19N3O5/c1-4-21-12(19)10-8(3)16(15-13(14)20)11(18)9(10)6-5-7(2)17/h9H,4-6H2,1-3H3,(H3,14,15,20). The summed E-state index contributed by atoms with van der Waals surface area (Å²) in [6.07, 6.45) is 0.327. The third kappa shape index (κ3) is 3.80. The van der Waals surface area contributed by atoms with Crippen molar-refractivity contribution >= 4 is 23.7 Å². The van der Waals surface area contributed by atoms with Gasteiger partial charge in [0.2, 0.25) is 0 Å². The topological polar surface area (TPSA) is 119 Å². The van der Waals surface area contributed by atoms with E-state index in [0.29, 0.717) is 0 Å². The summed E-state index contributed by atoms with van der Waals surface area (Å²) >= 11 is 0. The van der Waals surface area contributed by atoms with Crippen molar-refractivity contribution in [3.05, 3.63) is 11.3 Å². The van der Waals surface area contributed by atoms with Crippen molar-refractivity contribution in [3.8, 4) is 0 Å². The number of hydrazine groups is 1. The Kier molecular flexibility index (Phi) is 5.45. The summed E-state index contributed by atoms with van der Waals surface area (Å²) in [7, 11) is 0. The number of rotatable bonds is 6. The summed E-state index contributed by atoms with van der Waals surface area (Å²) in [6, 6.07) is -0.918. The summed E-state index contributed by atoms with van der Waals surface area (Å²) in [5.74, 6) is -2.05. The molecule has 0 aromatic heterocycles. The molecule has 0 fully saturated rings. The monoisotopic (exact) mass is 297 g/mol. The first-order valence-corrected chi connectivity index (χ1v) is 6.57. The van der Waals surface area contributed by atoms with E-state index in [1.807, 2.05) is 0 Å². The van der Waals surface area contributed by atoms with E-state index >= 15 is 0 Å². The number of Topliss-reactive ketones (excluding diaryl/α,β-unsaturated/α-hetero) is 1. The van der Waals surface area contributed by atoms with Gasteiger partial charge < -0.3 is 15.3 Å². The number of nitrogens with two attached hydrogens (primary N) is 1. The fraction of sp³-hybridized carbons (Fsp3) is 0.538. The van der Waals surface area contributed by atoms with Crippen LogP contribution in [0.5, 0.6) is 0 Å². The molecule has 1 unspecified atom stereocenters. The molecular weight excluding hydrogens is 278 g/mol. The van der Waals surface area contributed by atoms with Gasteiger partial charge in [-0.25, -0.2) is 20.0 Å². The number of carbonyl (C=O) groups is 4. The lowest BCUT2D eigenvalue weighted by Gasteiger charge is -2.18. The van der Waals surface area contributed by atoms with Crippen LogP contribution >= 0.6 is 0 Å². The average Bonchev–Trinajstić information content (AvgIpc) is 2.60. The first-order valence-electron chi connectivity index (χ1n) is 6.57. The molecule has 0 spiro atoms. The Morgan fingerprint density at radius 3 is 2.48 bits per heavy atom. The molecule has 0 saturated heterocycles. The van der Waals surface area contributed by atoms with Gasteiger partial charge in [-0.1, -0.05) is 0 Å². The maximum Gasteiger partial charge on any atom is 0.336 e. The number of hydrogen-bond donors (Lipinski definition) is 2. The fourth-order valence-corrected chi connectivity index (χ4v) is 2.18. The molecule has 3 N–H and O–H groups in total. The number of ether oxygens (including phenoxy) is 1. The highest BCUT2D eigenvalue weighted by molar-refractivity contribution is 6.02. The Morgan fingerprint density at radius 2 is 2.00 bits per heavy atom. The molecule has 116 valence electrons. The third-order valence-electron chi connectivity index (χ3n) is 3.09. The van der Waals surface area contributed by atoms with E-state index in [0.717, 1.165) is 5.01 Å². The van der Waals surface area contributed by atoms with Crippen molar-refractivity contribution in [3.63, 3.8) is 0 Å². The first kappa shape index (κ1) is 16.7. The van der Waals surface area contributed by atoms with Crippen LogP contribution in [0.4, 0.5) is 4.79 Å². The smallest absolute Gasteiger partial charge is 0.336 e. The van der Waals surface area contributed by atoms with Gasteiger partial charge in [0.1, 0.15) is 5.78 Å². The number of primary amides is 1. The van der Waals surface area contributed by atoms with Crippen LogP contribution in [-0.2, 0) is 19.1 Å². The number of allylic oxidation sites excluding steroid dienone is 1. The van der Waals surface area contributed by atoms with Crippen molar-refractivity contribution in [2.24, 2.45) is 11.7 Å². The van der Waals surface area contributed by atoms with Crippen molar-refractivity contribution in [1.82, 2.24) is 10.4 Å². The fourth-order valence-electron chi connectivity index (χ4n) is 2.18. The maximum absolute atomic E-state index is 12.3. The van der Waals surface area contributed by atoms with E-state index in [-0.39, 0.29) is 36.5 Å². The van der Waals surface area contributed by atoms with Crippen LogP contribution in [0.3, 0.4) is 0 Å². The van der Waals surface area contributed by atoms with Gasteiger partial charge in [-0.2, -0.15) is 0 Å². The van der Waals surface area contributed by atoms with E-state index < -0.39 is 23.8 Å². The number of carbonyl (C=O) groups excluding carboxylic acids is 4. The highest BCUT2D eigenvalue weighted by atomic mass is 16.5. The number of esters is 1. The quantitative estimate of drug-likeness (QED) is 0.680. The molecule has 1 atom stereocenters. The molecule has 0 saturated carbocycles. The molecule has 1 aliphatic rings. The number of nitrogens with zero attached hydrogens (tertiary/aromatic N) is 1. The second kappa shape index (κ2) is 6.87. The lowest BCUT2D eigenvalue weighted by molar-refractivity contribution is -0.141. The molecule has 1 rings (SSSR count). The van der Waals surface area contributed by atoms with Gasteiger partial charge in [0.25, 0.3) is 5.91 Å². The lowest BCUT2D eigenvalue weighted by atomic mass is 9.94. The lowest BCUT2D eigenvalue weighted by Crippen LogP contribution is -2.46. The predicted molar refractivity (Wildman–Crippen MR) is 72.3 cm³/mol. The Balaban J connectivity index is 3.08. The molecular formula is C13H19N3O5. The van der Waals surface area contributed by atoms with Crippen LogP contribution in [0.25, 0.3) is 0 Å². The molecule has 0 aliphatic carbocycles. The van der Waals surface area contributed by atoms with E-state index in [9.17, 15) is 19.2 Å².